The molecule has 0 aliphatic carbocycles. The van der Waals surface area contributed by atoms with Gasteiger partial charge in [0.2, 0.25) is 6.08 Å². The molecule has 0 aromatic carbocycles. The van der Waals surface area contributed by atoms with Crippen molar-refractivity contribution >= 4 is 23.8 Å². The van der Waals surface area contributed by atoms with E-state index in [2.05, 4.69) is 20.9 Å². The quantitative estimate of drug-likeness (QED) is 0.471. The molecule has 0 spiro atoms. The number of nitrogens with zero attached hydrogens (tertiary/aromatic N) is 4. The number of rotatable bonds is 1. The second-order valence-corrected chi connectivity index (χ2v) is 2.90. The minimum atomic E-state index is -0.865. The molecule has 0 fully saturated rings. The van der Waals surface area contributed by atoms with Gasteiger partial charge in [-0.2, -0.15) is 0 Å². The average Bonchev–Trinajstić information content (AvgIpc) is 2.68. The molecule has 1 aliphatic rings. The predicted octanol–water partition coefficient (Wildman–Crippen LogP) is -0.896. The molecule has 2 amide bonds. The lowest BCUT2D eigenvalue weighted by atomic mass is 10.4. The molecular weight excluding hydrogens is 216 g/mol. The molecule has 1 aliphatic heterocycles. The second-order valence-electron chi connectivity index (χ2n) is 2.90. The minimum absolute atomic E-state index is 0.127. The van der Waals surface area contributed by atoms with Crippen molar-refractivity contribution in [2.24, 2.45) is 4.99 Å². The standard InChI is InChI=1S/C7H6N6O3/c1-12-7(16)13-2-8-4(5(13)10-11-12)6(15)9-3-14/h2,10-11H,1H3. The van der Waals surface area contributed by atoms with E-state index in [9.17, 15) is 14.4 Å². The first-order chi connectivity index (χ1) is 7.65. The highest BCUT2D eigenvalue weighted by Gasteiger charge is 2.26. The van der Waals surface area contributed by atoms with Gasteiger partial charge in [0, 0.05) is 7.05 Å². The van der Waals surface area contributed by atoms with Crippen LogP contribution in [-0.4, -0.2) is 39.6 Å². The van der Waals surface area contributed by atoms with E-state index in [4.69, 9.17) is 0 Å². The fourth-order valence-electron chi connectivity index (χ4n) is 1.21. The fraction of sp³-hybridized carbons (Fsp3) is 0.143. The predicted molar refractivity (Wildman–Crippen MR) is 50.0 cm³/mol. The Morgan fingerprint density at radius 2 is 2.38 bits per heavy atom. The van der Waals surface area contributed by atoms with E-state index >= 15 is 0 Å². The minimum Gasteiger partial charge on any atom is -0.287 e. The highest BCUT2D eigenvalue weighted by molar-refractivity contribution is 6.01. The molecule has 9 nitrogen and oxygen atoms in total. The Hall–Kier alpha value is -2.51. The van der Waals surface area contributed by atoms with Crippen LogP contribution in [0.3, 0.4) is 0 Å². The number of carbonyl (C=O) groups is 2. The lowest BCUT2D eigenvalue weighted by molar-refractivity contribution is 0.0999. The van der Waals surface area contributed by atoms with Crippen LogP contribution in [0.2, 0.25) is 0 Å². The van der Waals surface area contributed by atoms with Crippen LogP contribution in [0.25, 0.3) is 0 Å². The van der Waals surface area contributed by atoms with Gasteiger partial charge in [-0.15, -0.1) is 10.5 Å². The number of fused-ring (bicyclic) bond motifs is 1. The zero-order valence-electron chi connectivity index (χ0n) is 8.09. The summed E-state index contributed by atoms with van der Waals surface area (Å²) >= 11 is 0. The highest BCUT2D eigenvalue weighted by atomic mass is 16.2. The first-order valence-electron chi connectivity index (χ1n) is 4.14. The Labute approximate surface area is 88.7 Å². The number of hydrogen-bond acceptors (Lipinski definition) is 6. The summed E-state index contributed by atoms with van der Waals surface area (Å²) in [4.78, 5) is 39.3. The average molecular weight is 222 g/mol. The van der Waals surface area contributed by atoms with Gasteiger partial charge in [-0.1, -0.05) is 0 Å². The number of nitrogens with one attached hydrogen (secondary N) is 2. The van der Waals surface area contributed by atoms with E-state index in [-0.39, 0.29) is 11.5 Å². The first-order valence-corrected chi connectivity index (χ1v) is 4.14. The normalized spacial score (nSPS) is 13.8. The molecule has 2 rings (SSSR count). The van der Waals surface area contributed by atoms with Crippen molar-refractivity contribution in [3.63, 3.8) is 0 Å². The third-order valence-electron chi connectivity index (χ3n) is 1.95. The molecule has 0 saturated heterocycles. The van der Waals surface area contributed by atoms with Crippen molar-refractivity contribution in [1.82, 2.24) is 20.1 Å². The summed E-state index contributed by atoms with van der Waals surface area (Å²) in [5.41, 5.74) is 4.94. The van der Waals surface area contributed by atoms with E-state index in [1.165, 1.54) is 7.05 Å². The van der Waals surface area contributed by atoms with Gasteiger partial charge in [0.1, 0.15) is 6.33 Å². The maximum absolute atomic E-state index is 11.5. The molecule has 1 aromatic rings. The van der Waals surface area contributed by atoms with E-state index in [1.807, 2.05) is 0 Å². The Kier molecular flexibility index (Phi) is 2.24. The molecule has 16 heavy (non-hydrogen) atoms. The molecule has 0 radical (unpaired) electrons. The monoisotopic (exact) mass is 222 g/mol. The van der Waals surface area contributed by atoms with Gasteiger partial charge in [0.25, 0.3) is 0 Å². The van der Waals surface area contributed by atoms with Gasteiger partial charge in [0.15, 0.2) is 11.5 Å². The van der Waals surface area contributed by atoms with Gasteiger partial charge < -0.3 is 0 Å². The summed E-state index contributed by atoms with van der Waals surface area (Å²) in [5.74, 6) is -0.734. The molecule has 2 heterocycles. The summed E-state index contributed by atoms with van der Waals surface area (Å²) in [5, 5.41) is 1.16. The molecule has 0 saturated carbocycles. The number of anilines is 1. The van der Waals surface area contributed by atoms with Gasteiger partial charge in [-0.05, 0) is 0 Å². The third-order valence-corrected chi connectivity index (χ3v) is 1.95. The SMILES string of the molecule is CN1NNc2c(C(=O)N=C=O)ncn2C1=O. The lowest BCUT2D eigenvalue weighted by Gasteiger charge is -2.25. The number of isocyanates is 1. The second kappa shape index (κ2) is 3.57. The van der Waals surface area contributed by atoms with Gasteiger partial charge in [-0.3, -0.25) is 10.2 Å². The van der Waals surface area contributed by atoms with Crippen LogP contribution in [0.1, 0.15) is 10.5 Å². The first kappa shape index (κ1) is 10.0. The molecule has 0 atom stereocenters. The molecular formula is C7H6N6O3. The summed E-state index contributed by atoms with van der Waals surface area (Å²) in [6, 6.07) is -0.421. The zero-order valence-corrected chi connectivity index (χ0v) is 8.09. The maximum Gasteiger partial charge on any atom is 0.346 e. The van der Waals surface area contributed by atoms with Gasteiger partial charge in [-0.25, -0.2) is 24.1 Å². The van der Waals surface area contributed by atoms with Crippen LogP contribution < -0.4 is 11.0 Å². The van der Waals surface area contributed by atoms with Crippen molar-refractivity contribution < 1.29 is 14.4 Å². The van der Waals surface area contributed by atoms with Gasteiger partial charge >= 0.3 is 11.9 Å². The van der Waals surface area contributed by atoms with Crippen LogP contribution in [-0.2, 0) is 4.79 Å². The maximum atomic E-state index is 11.5. The number of hydrazine groups is 2. The number of amides is 2. The Morgan fingerprint density at radius 3 is 3.06 bits per heavy atom. The molecule has 1 aromatic heterocycles. The fourth-order valence-corrected chi connectivity index (χ4v) is 1.21. The summed E-state index contributed by atoms with van der Waals surface area (Å²) in [6.07, 6.45) is 2.28. The zero-order chi connectivity index (χ0) is 11.7. The Bertz CT molecular complexity index is 514. The van der Waals surface area contributed by atoms with Gasteiger partial charge in [0.05, 0.1) is 0 Å². The molecule has 0 unspecified atom stereocenters. The summed E-state index contributed by atoms with van der Waals surface area (Å²) in [6.45, 7) is 0. The number of carbonyl (C=O) groups excluding carboxylic acids is 3. The van der Waals surface area contributed by atoms with Crippen LogP contribution in [0.4, 0.5) is 10.6 Å². The lowest BCUT2D eigenvalue weighted by Crippen LogP contribution is -2.50. The van der Waals surface area contributed by atoms with Crippen LogP contribution in [0.15, 0.2) is 11.3 Å². The summed E-state index contributed by atoms with van der Waals surface area (Å²) < 4.78 is 1.12. The summed E-state index contributed by atoms with van der Waals surface area (Å²) in [7, 11) is 1.49. The van der Waals surface area contributed by atoms with E-state index in [0.29, 0.717) is 0 Å². The third kappa shape index (κ3) is 1.36. The number of aliphatic imine (C=N–C) groups is 1. The van der Waals surface area contributed by atoms with E-state index in [0.717, 1.165) is 22.0 Å². The van der Waals surface area contributed by atoms with E-state index < -0.39 is 11.9 Å². The Morgan fingerprint density at radius 1 is 1.62 bits per heavy atom. The van der Waals surface area contributed by atoms with Crippen molar-refractivity contribution in [2.75, 3.05) is 12.5 Å². The highest BCUT2D eigenvalue weighted by Crippen LogP contribution is 2.17. The molecule has 82 valence electrons. The van der Waals surface area contributed by atoms with Crippen LogP contribution in [0.5, 0.6) is 0 Å². The number of imidazole rings is 1. The Balaban J connectivity index is 2.46. The smallest absolute Gasteiger partial charge is 0.287 e. The number of hydrogen-bond donors (Lipinski definition) is 2. The van der Waals surface area contributed by atoms with E-state index in [1.54, 1.807) is 0 Å². The molecule has 0 bridgehead atoms. The number of aromatic nitrogens is 2. The van der Waals surface area contributed by atoms with Crippen LogP contribution in [0, 0.1) is 0 Å². The largest absolute Gasteiger partial charge is 0.346 e. The topological polar surface area (TPSA) is 109 Å². The molecule has 9 heteroatoms. The van der Waals surface area contributed by atoms with Crippen molar-refractivity contribution in [3.05, 3.63) is 12.0 Å². The van der Waals surface area contributed by atoms with Crippen LogP contribution >= 0.6 is 0 Å². The van der Waals surface area contributed by atoms with Crippen molar-refractivity contribution in [3.8, 4) is 0 Å². The molecule has 2 N–H and O–H groups in total. The van der Waals surface area contributed by atoms with Crippen molar-refractivity contribution in [1.29, 1.82) is 0 Å². The van der Waals surface area contributed by atoms with Crippen molar-refractivity contribution in [2.45, 2.75) is 0 Å².